The summed E-state index contributed by atoms with van der Waals surface area (Å²) in [5.74, 6) is 1.20. The number of rotatable bonds is 6. The highest BCUT2D eigenvalue weighted by molar-refractivity contribution is 8.26. The van der Waals surface area contributed by atoms with Crippen molar-refractivity contribution in [3.8, 4) is 5.75 Å². The SMILES string of the molecule is CN1C(=O)/C(=C/c2ccc(OCCc3coc(C4=CC(C(C)(C)C)=CC(O)(C(C)(C)C)C4)n3)cc2)SC1=S. The van der Waals surface area contributed by atoms with Crippen molar-refractivity contribution in [1.29, 1.82) is 0 Å². The highest BCUT2D eigenvalue weighted by Crippen LogP contribution is 2.46. The number of aliphatic hydroxyl groups is 1. The molecular weight excluding hydrogens is 516 g/mol. The average molecular weight is 553 g/mol. The van der Waals surface area contributed by atoms with Crippen LogP contribution in [0, 0.1) is 10.8 Å². The molecular formula is C30H36N2O4S2. The van der Waals surface area contributed by atoms with Crippen LogP contribution in [-0.4, -0.2) is 44.5 Å². The number of ether oxygens (including phenoxy) is 1. The van der Waals surface area contributed by atoms with Crippen molar-refractivity contribution >= 4 is 45.9 Å². The summed E-state index contributed by atoms with van der Waals surface area (Å²) < 4.78 is 12.3. The Morgan fingerprint density at radius 3 is 2.47 bits per heavy atom. The van der Waals surface area contributed by atoms with Gasteiger partial charge >= 0.3 is 0 Å². The van der Waals surface area contributed by atoms with Crippen LogP contribution in [0.15, 0.2) is 57.6 Å². The van der Waals surface area contributed by atoms with Gasteiger partial charge in [-0.1, -0.05) is 77.7 Å². The largest absolute Gasteiger partial charge is 0.493 e. The molecule has 2 heterocycles. The van der Waals surface area contributed by atoms with Crippen molar-refractivity contribution in [2.75, 3.05) is 13.7 Å². The standard InChI is InChI=1S/C30H36N2O4S2/c1-28(2,3)21-15-20(16-30(34,17-21)29(4,5)6)25-31-22(18-36-25)12-13-35-23-10-8-19(9-11-23)14-24-26(33)32(7)27(37)38-24/h8-11,14-15,17-18,34H,12-13,16H2,1-7H3/b24-14-. The third-order valence-corrected chi connectivity index (χ3v) is 8.45. The summed E-state index contributed by atoms with van der Waals surface area (Å²) in [4.78, 5) is 19.0. The fraction of sp³-hybridized carbons (Fsp3) is 0.433. The number of carbonyl (C=O) groups excluding carboxylic acids is 1. The molecule has 2 aliphatic rings. The van der Waals surface area contributed by atoms with Crippen molar-refractivity contribution in [3.05, 3.63) is 70.3 Å². The second-order valence-electron chi connectivity index (χ2n) is 11.9. The van der Waals surface area contributed by atoms with Crippen molar-refractivity contribution in [2.24, 2.45) is 10.8 Å². The van der Waals surface area contributed by atoms with Crippen LogP contribution in [0.3, 0.4) is 0 Å². The van der Waals surface area contributed by atoms with E-state index in [-0.39, 0.29) is 16.7 Å². The molecule has 1 unspecified atom stereocenters. The molecule has 0 spiro atoms. The van der Waals surface area contributed by atoms with Gasteiger partial charge in [-0.15, -0.1) is 0 Å². The predicted molar refractivity (Wildman–Crippen MR) is 158 cm³/mol. The molecule has 1 N–H and O–H groups in total. The van der Waals surface area contributed by atoms with E-state index in [1.54, 1.807) is 13.3 Å². The van der Waals surface area contributed by atoms with Gasteiger partial charge in [-0.05, 0) is 52.3 Å². The second kappa shape index (κ2) is 10.5. The minimum Gasteiger partial charge on any atom is -0.493 e. The van der Waals surface area contributed by atoms with Gasteiger partial charge in [-0.2, -0.15) is 0 Å². The summed E-state index contributed by atoms with van der Waals surface area (Å²) in [6, 6.07) is 7.59. The third kappa shape index (κ3) is 6.14. The lowest BCUT2D eigenvalue weighted by Crippen LogP contribution is -2.43. The van der Waals surface area contributed by atoms with E-state index in [4.69, 9.17) is 26.4 Å². The molecule has 1 amide bonds. The molecule has 1 fully saturated rings. The maximum atomic E-state index is 12.2. The summed E-state index contributed by atoms with van der Waals surface area (Å²) in [5.41, 5.74) is 2.23. The van der Waals surface area contributed by atoms with Gasteiger partial charge in [0.1, 0.15) is 16.3 Å². The summed E-state index contributed by atoms with van der Waals surface area (Å²) in [7, 11) is 1.69. The third-order valence-electron chi connectivity index (χ3n) is 6.97. The van der Waals surface area contributed by atoms with Crippen LogP contribution in [0.1, 0.15) is 65.1 Å². The second-order valence-corrected chi connectivity index (χ2v) is 13.6. The predicted octanol–water partition coefficient (Wildman–Crippen LogP) is 6.66. The molecule has 1 atom stereocenters. The molecule has 1 aliphatic heterocycles. The maximum absolute atomic E-state index is 12.2. The van der Waals surface area contributed by atoms with E-state index in [1.165, 1.54) is 16.7 Å². The van der Waals surface area contributed by atoms with Crippen LogP contribution >= 0.6 is 24.0 Å². The minimum absolute atomic E-state index is 0.0787. The Morgan fingerprint density at radius 2 is 1.89 bits per heavy atom. The van der Waals surface area contributed by atoms with E-state index in [0.717, 1.165) is 28.2 Å². The minimum atomic E-state index is -0.995. The Hall–Kier alpha value is -2.68. The fourth-order valence-electron chi connectivity index (χ4n) is 4.13. The van der Waals surface area contributed by atoms with E-state index in [0.29, 0.717) is 34.6 Å². The smallest absolute Gasteiger partial charge is 0.265 e. The first-order valence-electron chi connectivity index (χ1n) is 12.7. The molecule has 1 saturated heterocycles. The van der Waals surface area contributed by atoms with Crippen molar-refractivity contribution in [3.63, 3.8) is 0 Å². The number of aromatic nitrogens is 1. The van der Waals surface area contributed by atoms with Crippen LogP contribution in [-0.2, 0) is 11.2 Å². The first-order valence-corrected chi connectivity index (χ1v) is 13.9. The number of likely N-dealkylation sites (N-methyl/N-ethyl adjacent to an activating group) is 1. The summed E-state index contributed by atoms with van der Waals surface area (Å²) in [6.07, 6.45) is 8.65. The van der Waals surface area contributed by atoms with Gasteiger partial charge < -0.3 is 14.3 Å². The number of thiocarbonyl (C=S) groups is 1. The lowest BCUT2D eigenvalue weighted by molar-refractivity contribution is -0.121. The van der Waals surface area contributed by atoms with Gasteiger partial charge in [-0.25, -0.2) is 4.98 Å². The quantitative estimate of drug-likeness (QED) is 0.317. The Kier molecular flexibility index (Phi) is 7.81. The first kappa shape index (κ1) is 28.3. The zero-order valence-corrected chi connectivity index (χ0v) is 24.8. The molecule has 1 aliphatic carbocycles. The van der Waals surface area contributed by atoms with Gasteiger partial charge in [0.05, 0.1) is 22.8 Å². The van der Waals surface area contributed by atoms with E-state index < -0.39 is 5.60 Å². The summed E-state index contributed by atoms with van der Waals surface area (Å²) in [5, 5.41) is 11.5. The molecule has 38 heavy (non-hydrogen) atoms. The number of hydrogen-bond acceptors (Lipinski definition) is 7. The molecule has 1 aromatic heterocycles. The molecule has 0 radical (unpaired) electrons. The maximum Gasteiger partial charge on any atom is 0.265 e. The Morgan fingerprint density at radius 1 is 1.21 bits per heavy atom. The number of amides is 1. The van der Waals surface area contributed by atoms with Crippen molar-refractivity contribution < 1.29 is 19.1 Å². The van der Waals surface area contributed by atoms with Crippen LogP contribution in [0.5, 0.6) is 5.75 Å². The molecule has 6 nitrogen and oxygen atoms in total. The van der Waals surface area contributed by atoms with Crippen LogP contribution in [0.2, 0.25) is 0 Å². The molecule has 202 valence electrons. The molecule has 2 aromatic rings. The van der Waals surface area contributed by atoms with E-state index in [9.17, 15) is 9.90 Å². The van der Waals surface area contributed by atoms with Crippen LogP contribution in [0.4, 0.5) is 0 Å². The number of hydrogen-bond donors (Lipinski definition) is 1. The zero-order valence-electron chi connectivity index (χ0n) is 23.1. The van der Waals surface area contributed by atoms with E-state index in [2.05, 4.69) is 47.6 Å². The molecule has 0 bridgehead atoms. The van der Waals surface area contributed by atoms with E-state index >= 15 is 0 Å². The monoisotopic (exact) mass is 552 g/mol. The van der Waals surface area contributed by atoms with Gasteiger partial charge in [0.2, 0.25) is 5.89 Å². The lowest BCUT2D eigenvalue weighted by Gasteiger charge is -2.42. The van der Waals surface area contributed by atoms with E-state index in [1.807, 2.05) is 36.4 Å². The number of carbonyl (C=O) groups is 1. The Labute approximate surface area is 234 Å². The Bertz CT molecular complexity index is 1320. The normalized spacial score (nSPS) is 21.7. The summed E-state index contributed by atoms with van der Waals surface area (Å²) in [6.45, 7) is 13.0. The van der Waals surface area contributed by atoms with Gasteiger partial charge in [0.15, 0.2) is 0 Å². The average Bonchev–Trinajstić information content (AvgIpc) is 3.39. The highest BCUT2D eigenvalue weighted by Gasteiger charge is 2.43. The van der Waals surface area contributed by atoms with Crippen molar-refractivity contribution in [1.82, 2.24) is 9.88 Å². The molecule has 1 aromatic carbocycles. The number of thioether (sulfide) groups is 1. The van der Waals surface area contributed by atoms with Crippen LogP contribution < -0.4 is 4.74 Å². The fourth-order valence-corrected chi connectivity index (χ4v) is 5.31. The zero-order chi connectivity index (χ0) is 27.9. The van der Waals surface area contributed by atoms with Gasteiger partial charge in [0.25, 0.3) is 5.91 Å². The lowest BCUT2D eigenvalue weighted by atomic mass is 9.67. The topological polar surface area (TPSA) is 75.8 Å². The number of nitrogens with zero attached hydrogens (tertiary/aromatic N) is 2. The van der Waals surface area contributed by atoms with Gasteiger partial charge in [0, 0.05) is 25.5 Å². The van der Waals surface area contributed by atoms with Gasteiger partial charge in [-0.3, -0.25) is 9.69 Å². The number of oxazole rings is 1. The number of allylic oxidation sites excluding steroid dienone is 2. The molecule has 0 saturated carbocycles. The molecule has 4 rings (SSSR count). The van der Waals surface area contributed by atoms with Crippen molar-refractivity contribution in [2.45, 2.75) is 60.0 Å². The first-order chi connectivity index (χ1) is 17.7. The molecule has 8 heteroatoms. The highest BCUT2D eigenvalue weighted by atomic mass is 32.2. The Balaban J connectivity index is 1.39. The van der Waals surface area contributed by atoms with Crippen LogP contribution in [0.25, 0.3) is 11.6 Å². The summed E-state index contributed by atoms with van der Waals surface area (Å²) >= 11 is 6.49. The number of benzene rings is 1.